The molecule has 0 saturated heterocycles. The summed E-state index contributed by atoms with van der Waals surface area (Å²) in [5.41, 5.74) is 7.12. The molecule has 1 atom stereocenters. The van der Waals surface area contributed by atoms with Gasteiger partial charge >= 0.3 is 5.97 Å². The number of fused-ring (bicyclic) bond motifs is 1. The first-order chi connectivity index (χ1) is 7.58. The molecule has 0 bridgehead atoms. The van der Waals surface area contributed by atoms with Crippen molar-refractivity contribution < 1.29 is 9.90 Å². The smallest absolute Gasteiger partial charge is 0.320 e. The van der Waals surface area contributed by atoms with Gasteiger partial charge in [0, 0.05) is 6.20 Å². The van der Waals surface area contributed by atoms with Crippen molar-refractivity contribution in [1.29, 1.82) is 0 Å². The zero-order valence-electron chi connectivity index (χ0n) is 8.30. The summed E-state index contributed by atoms with van der Waals surface area (Å²) in [6.45, 7) is 0. The summed E-state index contributed by atoms with van der Waals surface area (Å²) in [6, 6.07) is 2.71. The van der Waals surface area contributed by atoms with E-state index in [2.05, 4.69) is 4.98 Å². The van der Waals surface area contributed by atoms with Crippen LogP contribution in [0.3, 0.4) is 0 Å². The Morgan fingerprint density at radius 2 is 2.44 bits per heavy atom. The molecule has 0 radical (unpaired) electrons. The van der Waals surface area contributed by atoms with Crippen molar-refractivity contribution >= 4 is 23.1 Å². The number of nitrogens with two attached hydrogens (primary N) is 1. The van der Waals surface area contributed by atoms with Gasteiger partial charge in [-0.15, -0.1) is 0 Å². The van der Waals surface area contributed by atoms with Gasteiger partial charge in [-0.05, 0) is 35.7 Å². The maximum absolute atomic E-state index is 10.6. The second kappa shape index (κ2) is 4.11. The summed E-state index contributed by atoms with van der Waals surface area (Å²) >= 11 is 5.81. The Morgan fingerprint density at radius 1 is 1.69 bits per heavy atom. The number of carbonyl (C=O) groups is 1. The predicted molar refractivity (Wildman–Crippen MR) is 59.5 cm³/mol. The molecule has 1 unspecified atom stereocenters. The number of halogens is 1. The van der Waals surface area contributed by atoms with Gasteiger partial charge in [0.25, 0.3) is 0 Å². The van der Waals surface area contributed by atoms with Crippen molar-refractivity contribution in [2.24, 2.45) is 5.73 Å². The number of aromatic nitrogens is 2. The molecule has 0 aromatic carbocycles. The Hall–Kier alpha value is -1.59. The van der Waals surface area contributed by atoms with Crippen LogP contribution in [0.5, 0.6) is 0 Å². The number of hydrogen-bond acceptors (Lipinski definition) is 3. The highest BCUT2D eigenvalue weighted by molar-refractivity contribution is 6.28. The first-order valence-corrected chi connectivity index (χ1v) is 5.05. The number of rotatable bonds is 3. The second-order valence-electron chi connectivity index (χ2n) is 3.51. The average molecular weight is 240 g/mol. The van der Waals surface area contributed by atoms with E-state index in [9.17, 15) is 4.79 Å². The molecule has 6 heteroatoms. The minimum Gasteiger partial charge on any atom is -0.480 e. The molecule has 2 rings (SSSR count). The molecule has 16 heavy (non-hydrogen) atoms. The van der Waals surface area contributed by atoms with Crippen LogP contribution < -0.4 is 5.73 Å². The molecule has 0 amide bonds. The molecule has 0 fully saturated rings. The maximum Gasteiger partial charge on any atom is 0.320 e. The van der Waals surface area contributed by atoms with Gasteiger partial charge in [-0.1, -0.05) is 0 Å². The van der Waals surface area contributed by atoms with E-state index in [0.29, 0.717) is 5.28 Å². The number of carboxylic acid groups (broad SMARTS) is 1. The van der Waals surface area contributed by atoms with Crippen LogP contribution in [0.2, 0.25) is 5.28 Å². The number of imidazole rings is 1. The Balaban J connectivity index is 2.29. The largest absolute Gasteiger partial charge is 0.480 e. The van der Waals surface area contributed by atoms with Crippen molar-refractivity contribution in [2.45, 2.75) is 12.5 Å². The van der Waals surface area contributed by atoms with E-state index in [4.69, 9.17) is 22.4 Å². The molecule has 0 aliphatic rings. The number of carboxylic acids is 1. The van der Waals surface area contributed by atoms with Crippen molar-refractivity contribution in [3.05, 3.63) is 35.4 Å². The standard InChI is InChI=1S/C10H10ClN3O2/c11-10-13-5-7-3-6(1-2-14(7)10)4-8(12)9(15)16/h1-3,5,8H,4,12H2,(H,15,16). The van der Waals surface area contributed by atoms with E-state index in [1.807, 2.05) is 6.07 Å². The van der Waals surface area contributed by atoms with Gasteiger partial charge in [-0.2, -0.15) is 0 Å². The molecular formula is C10H10ClN3O2. The molecule has 0 spiro atoms. The van der Waals surface area contributed by atoms with Crippen LogP contribution in [0.4, 0.5) is 0 Å². The number of hydrogen-bond donors (Lipinski definition) is 2. The molecule has 0 aliphatic heterocycles. The second-order valence-corrected chi connectivity index (χ2v) is 3.84. The van der Waals surface area contributed by atoms with E-state index in [-0.39, 0.29) is 6.42 Å². The third-order valence-corrected chi connectivity index (χ3v) is 2.60. The number of nitrogens with zero attached hydrogens (tertiary/aromatic N) is 2. The van der Waals surface area contributed by atoms with Gasteiger partial charge in [-0.3, -0.25) is 9.20 Å². The van der Waals surface area contributed by atoms with Gasteiger partial charge in [-0.25, -0.2) is 4.98 Å². The van der Waals surface area contributed by atoms with Gasteiger partial charge in [0.2, 0.25) is 5.28 Å². The molecular weight excluding hydrogens is 230 g/mol. The Bertz CT molecular complexity index is 538. The van der Waals surface area contributed by atoms with E-state index < -0.39 is 12.0 Å². The van der Waals surface area contributed by atoms with Crippen LogP contribution in [0.1, 0.15) is 5.56 Å². The first kappa shape index (κ1) is 10.9. The number of aliphatic carboxylic acids is 1. The minimum atomic E-state index is -1.01. The topological polar surface area (TPSA) is 80.6 Å². The summed E-state index contributed by atoms with van der Waals surface area (Å²) < 4.78 is 1.71. The highest BCUT2D eigenvalue weighted by atomic mass is 35.5. The lowest BCUT2D eigenvalue weighted by Gasteiger charge is -2.06. The van der Waals surface area contributed by atoms with E-state index >= 15 is 0 Å². The summed E-state index contributed by atoms with van der Waals surface area (Å²) in [5, 5.41) is 9.08. The summed E-state index contributed by atoms with van der Waals surface area (Å²) in [4.78, 5) is 14.5. The van der Waals surface area contributed by atoms with Gasteiger partial charge in [0.1, 0.15) is 6.04 Å². The van der Waals surface area contributed by atoms with Gasteiger partial charge in [0.15, 0.2) is 0 Å². The quantitative estimate of drug-likeness (QED) is 0.835. The van der Waals surface area contributed by atoms with Crippen LogP contribution in [0, 0.1) is 0 Å². The molecule has 2 heterocycles. The minimum absolute atomic E-state index is 0.286. The maximum atomic E-state index is 10.6. The molecule has 0 aliphatic carbocycles. The molecule has 3 N–H and O–H groups in total. The lowest BCUT2D eigenvalue weighted by Crippen LogP contribution is -2.32. The summed E-state index contributed by atoms with van der Waals surface area (Å²) in [5.74, 6) is -1.01. The first-order valence-electron chi connectivity index (χ1n) is 4.68. The van der Waals surface area contributed by atoms with Crippen molar-refractivity contribution in [2.75, 3.05) is 0 Å². The zero-order chi connectivity index (χ0) is 11.7. The molecule has 0 saturated carbocycles. The summed E-state index contributed by atoms with van der Waals surface area (Å²) in [6.07, 6.45) is 3.65. The summed E-state index contributed by atoms with van der Waals surface area (Å²) in [7, 11) is 0. The monoisotopic (exact) mass is 239 g/mol. The predicted octanol–water partition coefficient (Wildman–Crippen LogP) is 0.942. The van der Waals surface area contributed by atoms with Crippen LogP contribution in [0.25, 0.3) is 5.52 Å². The normalized spacial score (nSPS) is 12.9. The fraction of sp³-hybridized carbons (Fsp3) is 0.200. The van der Waals surface area contributed by atoms with E-state index in [0.717, 1.165) is 11.1 Å². The highest BCUT2D eigenvalue weighted by Crippen LogP contribution is 2.14. The van der Waals surface area contributed by atoms with Crippen LogP contribution in [-0.2, 0) is 11.2 Å². The lowest BCUT2D eigenvalue weighted by atomic mass is 10.1. The molecule has 2 aromatic rings. The van der Waals surface area contributed by atoms with E-state index in [1.165, 1.54) is 0 Å². The Kier molecular flexibility index (Phi) is 2.80. The van der Waals surface area contributed by atoms with Crippen molar-refractivity contribution in [1.82, 2.24) is 9.38 Å². The van der Waals surface area contributed by atoms with Gasteiger partial charge < -0.3 is 10.8 Å². The lowest BCUT2D eigenvalue weighted by molar-refractivity contribution is -0.138. The number of pyridine rings is 1. The van der Waals surface area contributed by atoms with Crippen molar-refractivity contribution in [3.8, 4) is 0 Å². The van der Waals surface area contributed by atoms with Crippen LogP contribution in [0.15, 0.2) is 24.5 Å². The Labute approximate surface area is 96.5 Å². The highest BCUT2D eigenvalue weighted by Gasteiger charge is 2.12. The van der Waals surface area contributed by atoms with Crippen LogP contribution in [-0.4, -0.2) is 26.5 Å². The molecule has 5 nitrogen and oxygen atoms in total. The molecule has 84 valence electrons. The fourth-order valence-electron chi connectivity index (χ4n) is 1.48. The zero-order valence-corrected chi connectivity index (χ0v) is 9.05. The fourth-order valence-corrected chi connectivity index (χ4v) is 1.68. The molecule has 2 aromatic heterocycles. The third-order valence-electron chi connectivity index (χ3n) is 2.32. The van der Waals surface area contributed by atoms with Crippen LogP contribution >= 0.6 is 11.6 Å². The Morgan fingerprint density at radius 3 is 3.12 bits per heavy atom. The van der Waals surface area contributed by atoms with Gasteiger partial charge in [0.05, 0.1) is 11.7 Å². The van der Waals surface area contributed by atoms with E-state index in [1.54, 1.807) is 22.9 Å². The third kappa shape index (κ3) is 2.00. The SMILES string of the molecule is NC(Cc1ccn2c(Cl)ncc2c1)C(=O)O. The van der Waals surface area contributed by atoms with Crippen molar-refractivity contribution in [3.63, 3.8) is 0 Å². The average Bonchev–Trinajstić information content (AvgIpc) is 2.60.